The number of hydrogen-bond acceptors (Lipinski definition) is 5. The van der Waals surface area contributed by atoms with Crippen molar-refractivity contribution in [3.8, 4) is 16.3 Å². The molecule has 0 bridgehead atoms. The molecular weight excluding hydrogens is 386 g/mol. The Labute approximate surface area is 171 Å². The molecule has 4 rings (SSSR count). The van der Waals surface area contributed by atoms with E-state index < -0.39 is 0 Å². The van der Waals surface area contributed by atoms with Gasteiger partial charge in [-0.1, -0.05) is 48.5 Å². The summed E-state index contributed by atoms with van der Waals surface area (Å²) in [6.45, 7) is 2.50. The van der Waals surface area contributed by atoms with Crippen molar-refractivity contribution in [1.82, 2.24) is 4.68 Å². The Hall–Kier alpha value is -2.96. The van der Waals surface area contributed by atoms with Gasteiger partial charge >= 0.3 is 0 Å². The number of aromatic hydroxyl groups is 1. The van der Waals surface area contributed by atoms with E-state index in [-0.39, 0.29) is 5.75 Å². The summed E-state index contributed by atoms with van der Waals surface area (Å²) in [5.74, 6) is 0.222. The smallest absolute Gasteiger partial charge is 0.206 e. The van der Waals surface area contributed by atoms with Crippen LogP contribution in [0, 0.1) is 0 Å². The van der Waals surface area contributed by atoms with Gasteiger partial charge in [-0.25, -0.2) is 4.68 Å². The molecule has 6 heteroatoms. The molecule has 2 heterocycles. The van der Waals surface area contributed by atoms with Gasteiger partial charge in [-0.2, -0.15) is 5.10 Å². The zero-order valence-electron chi connectivity index (χ0n) is 15.3. The number of phenolic OH excluding ortho intramolecular Hbond substituents is 1. The third kappa shape index (κ3) is 3.98. The average molecular weight is 406 g/mol. The van der Waals surface area contributed by atoms with Crippen LogP contribution in [0.3, 0.4) is 0 Å². The van der Waals surface area contributed by atoms with Crippen LogP contribution >= 0.6 is 22.7 Å². The van der Waals surface area contributed by atoms with E-state index in [0.717, 1.165) is 26.6 Å². The lowest BCUT2D eigenvalue weighted by molar-refractivity contribution is 0.474. The van der Waals surface area contributed by atoms with Crippen molar-refractivity contribution in [2.45, 2.75) is 13.5 Å². The lowest BCUT2D eigenvalue weighted by atomic mass is 10.1. The second-order valence-electron chi connectivity index (χ2n) is 6.20. The minimum atomic E-state index is 0.222. The number of thiophene rings is 1. The highest BCUT2D eigenvalue weighted by Gasteiger charge is 2.11. The number of thiazole rings is 1. The number of hydrogen-bond donors (Lipinski definition) is 1. The van der Waals surface area contributed by atoms with Crippen molar-refractivity contribution in [1.29, 1.82) is 0 Å². The first-order valence-corrected chi connectivity index (χ1v) is 10.6. The second-order valence-corrected chi connectivity index (χ2v) is 7.98. The molecule has 4 nitrogen and oxygen atoms in total. The van der Waals surface area contributed by atoms with Crippen molar-refractivity contribution in [3.63, 3.8) is 0 Å². The van der Waals surface area contributed by atoms with Gasteiger partial charge in [0.2, 0.25) is 4.80 Å². The summed E-state index contributed by atoms with van der Waals surface area (Å²) >= 11 is 3.24. The first kappa shape index (κ1) is 18.4. The molecule has 0 aliphatic carbocycles. The van der Waals surface area contributed by atoms with E-state index in [1.54, 1.807) is 28.7 Å². The monoisotopic (exact) mass is 405 g/mol. The van der Waals surface area contributed by atoms with Crippen LogP contribution in [0.25, 0.3) is 10.6 Å². The molecule has 2 aromatic carbocycles. The summed E-state index contributed by atoms with van der Waals surface area (Å²) in [6.07, 6.45) is 0. The Morgan fingerprint density at radius 2 is 1.75 bits per heavy atom. The quantitative estimate of drug-likeness (QED) is 0.447. The highest BCUT2D eigenvalue weighted by molar-refractivity contribution is 7.14. The van der Waals surface area contributed by atoms with E-state index in [2.05, 4.69) is 29.0 Å². The molecule has 0 saturated carbocycles. The summed E-state index contributed by atoms with van der Waals surface area (Å²) < 4.78 is 1.88. The van der Waals surface area contributed by atoms with Crippen LogP contribution in [-0.2, 0) is 6.54 Å². The van der Waals surface area contributed by atoms with Crippen LogP contribution in [0.1, 0.15) is 18.1 Å². The molecule has 0 aliphatic heterocycles. The van der Waals surface area contributed by atoms with Crippen LogP contribution in [0.5, 0.6) is 5.75 Å². The zero-order chi connectivity index (χ0) is 19.3. The van der Waals surface area contributed by atoms with Crippen LogP contribution in [-0.4, -0.2) is 15.5 Å². The summed E-state index contributed by atoms with van der Waals surface area (Å²) in [7, 11) is 0. The minimum Gasteiger partial charge on any atom is -0.507 e. The van der Waals surface area contributed by atoms with Gasteiger partial charge in [0.1, 0.15) is 5.75 Å². The maximum Gasteiger partial charge on any atom is 0.206 e. The Morgan fingerprint density at radius 1 is 0.964 bits per heavy atom. The average Bonchev–Trinajstić information content (AvgIpc) is 3.37. The van der Waals surface area contributed by atoms with Gasteiger partial charge in [0.25, 0.3) is 0 Å². The molecule has 2 aromatic heterocycles. The maximum absolute atomic E-state index is 10.2. The first-order chi connectivity index (χ1) is 13.7. The Balaban J connectivity index is 1.80. The van der Waals surface area contributed by atoms with E-state index in [0.29, 0.717) is 12.1 Å². The molecule has 140 valence electrons. The minimum absolute atomic E-state index is 0.222. The molecule has 28 heavy (non-hydrogen) atoms. The Morgan fingerprint density at radius 3 is 2.50 bits per heavy atom. The van der Waals surface area contributed by atoms with Crippen LogP contribution < -0.4 is 4.80 Å². The topological polar surface area (TPSA) is 49.9 Å². The highest BCUT2D eigenvalue weighted by atomic mass is 32.1. The lowest BCUT2D eigenvalue weighted by Crippen LogP contribution is -2.14. The SMILES string of the molecule is CC(=Nn1c(-c2cccs2)csc1=NCc1ccccc1)c1ccccc1O. The fraction of sp³-hybridized carbons (Fsp3) is 0.0909. The fourth-order valence-electron chi connectivity index (χ4n) is 2.82. The Kier molecular flexibility index (Phi) is 5.50. The van der Waals surface area contributed by atoms with Gasteiger partial charge in [-0.3, -0.25) is 4.99 Å². The number of nitrogens with zero attached hydrogens (tertiary/aromatic N) is 3. The number of rotatable bonds is 5. The van der Waals surface area contributed by atoms with Crippen molar-refractivity contribution < 1.29 is 5.11 Å². The van der Waals surface area contributed by atoms with Gasteiger partial charge in [0.05, 0.1) is 22.8 Å². The fourth-order valence-corrected chi connectivity index (χ4v) is 4.45. The summed E-state index contributed by atoms with van der Waals surface area (Å²) in [5.41, 5.74) is 3.60. The molecule has 4 aromatic rings. The molecular formula is C22H19N3OS2. The van der Waals surface area contributed by atoms with Crippen molar-refractivity contribution in [2.75, 3.05) is 0 Å². The predicted octanol–water partition coefficient (Wildman–Crippen LogP) is 5.36. The van der Waals surface area contributed by atoms with Gasteiger partial charge < -0.3 is 5.11 Å². The van der Waals surface area contributed by atoms with Crippen LogP contribution in [0.2, 0.25) is 0 Å². The molecule has 1 N–H and O–H groups in total. The number of para-hydroxylation sites is 1. The number of aromatic nitrogens is 1. The molecule has 0 unspecified atom stereocenters. The summed E-state index contributed by atoms with van der Waals surface area (Å²) in [6, 6.07) is 21.5. The van der Waals surface area contributed by atoms with E-state index in [1.807, 2.05) is 54.1 Å². The summed E-state index contributed by atoms with van der Waals surface area (Å²) in [5, 5.41) is 19.1. The van der Waals surface area contributed by atoms with E-state index in [4.69, 9.17) is 10.1 Å². The molecule has 0 aliphatic rings. The largest absolute Gasteiger partial charge is 0.507 e. The lowest BCUT2D eigenvalue weighted by Gasteiger charge is -2.06. The maximum atomic E-state index is 10.2. The molecule has 0 radical (unpaired) electrons. The third-order valence-electron chi connectivity index (χ3n) is 4.24. The van der Waals surface area contributed by atoms with Gasteiger partial charge in [0.15, 0.2) is 0 Å². The molecule has 0 saturated heterocycles. The molecule has 0 atom stereocenters. The van der Waals surface area contributed by atoms with Gasteiger partial charge in [-0.15, -0.1) is 22.7 Å². The first-order valence-electron chi connectivity index (χ1n) is 8.85. The van der Waals surface area contributed by atoms with Gasteiger partial charge in [0, 0.05) is 10.9 Å². The van der Waals surface area contributed by atoms with Gasteiger partial charge in [-0.05, 0) is 36.1 Å². The number of benzene rings is 2. The van der Waals surface area contributed by atoms with E-state index >= 15 is 0 Å². The second kappa shape index (κ2) is 8.37. The van der Waals surface area contributed by atoms with E-state index in [9.17, 15) is 5.11 Å². The molecule has 0 spiro atoms. The van der Waals surface area contributed by atoms with E-state index in [1.165, 1.54) is 0 Å². The van der Waals surface area contributed by atoms with Crippen molar-refractivity contribution >= 4 is 28.4 Å². The third-order valence-corrected chi connectivity index (χ3v) is 5.99. The number of phenols is 1. The van der Waals surface area contributed by atoms with Crippen LogP contribution in [0.15, 0.2) is 87.6 Å². The summed E-state index contributed by atoms with van der Waals surface area (Å²) in [4.78, 5) is 6.74. The van der Waals surface area contributed by atoms with Crippen molar-refractivity contribution in [3.05, 3.63) is 93.4 Å². The molecule has 0 amide bonds. The van der Waals surface area contributed by atoms with Crippen LogP contribution in [0.4, 0.5) is 0 Å². The molecule has 0 fully saturated rings. The normalized spacial score (nSPS) is 12.5. The predicted molar refractivity (Wildman–Crippen MR) is 117 cm³/mol. The zero-order valence-corrected chi connectivity index (χ0v) is 17.0. The highest BCUT2D eigenvalue weighted by Crippen LogP contribution is 2.26. The Bertz CT molecular complexity index is 1160. The standard InChI is InChI=1S/C22H19N3OS2/c1-16(18-10-5-6-11-20(18)26)24-25-19(21-12-7-13-27-21)15-28-22(25)23-14-17-8-3-2-4-9-17/h2-13,15,26H,14H2,1H3. The van der Waals surface area contributed by atoms with Crippen molar-refractivity contribution in [2.24, 2.45) is 10.1 Å².